The van der Waals surface area contributed by atoms with Crippen LogP contribution in [0.2, 0.25) is 20.8 Å². The number of benzene rings is 4. The second-order valence-electron chi connectivity index (χ2n) is 11.3. The van der Waals surface area contributed by atoms with Gasteiger partial charge in [0.15, 0.2) is 0 Å². The molecule has 0 fully saturated rings. The summed E-state index contributed by atoms with van der Waals surface area (Å²) in [5, 5.41) is 6.26. The van der Waals surface area contributed by atoms with E-state index in [0.29, 0.717) is 0 Å². The van der Waals surface area contributed by atoms with E-state index in [1.807, 2.05) is 0 Å². The zero-order valence-corrected chi connectivity index (χ0v) is 27.5. The maximum Gasteiger partial charge on any atom is 0.108 e. The molecule has 212 valence electrons. The molecular weight excluding hydrogens is 542 g/mol. The predicted molar refractivity (Wildman–Crippen MR) is 185 cm³/mol. The van der Waals surface area contributed by atoms with Gasteiger partial charge in [-0.05, 0) is 0 Å². The van der Waals surface area contributed by atoms with Crippen molar-refractivity contribution in [2.75, 3.05) is 0 Å². The van der Waals surface area contributed by atoms with Crippen molar-refractivity contribution in [1.29, 1.82) is 0 Å². The summed E-state index contributed by atoms with van der Waals surface area (Å²) in [6, 6.07) is 43.5. The van der Waals surface area contributed by atoms with Crippen LogP contribution < -0.4 is 21.9 Å². The Morgan fingerprint density at radius 1 is 0.400 bits per heavy atom. The topological polar surface area (TPSA) is 0 Å². The van der Waals surface area contributed by atoms with Crippen molar-refractivity contribution in [1.82, 2.24) is 0 Å². The van der Waals surface area contributed by atoms with Crippen molar-refractivity contribution >= 4 is 41.5 Å². The minimum absolute atomic E-state index is 1.13. The fourth-order valence-electron chi connectivity index (χ4n) is 6.49. The van der Waals surface area contributed by atoms with E-state index >= 15 is 0 Å². The second kappa shape index (κ2) is 17.3. The van der Waals surface area contributed by atoms with Crippen LogP contribution in [0.15, 0.2) is 121 Å². The standard InChI is InChI=1S/C24H20B.C14H32As/c1-5-13-21(14-6-1)25(22-15-7-2-8-16-22,23-17-9-3-10-18-23)24-19-11-4-12-20-24;1-5-9-10-11-12-13-14-15(6-2,7-3)8-4/h1-20H;5-14H2,1-4H3/q-1;+1. The zero-order chi connectivity index (χ0) is 28.5. The molecule has 4 rings (SSSR count). The van der Waals surface area contributed by atoms with E-state index in [2.05, 4.69) is 149 Å². The van der Waals surface area contributed by atoms with Crippen LogP contribution in [0.5, 0.6) is 0 Å². The van der Waals surface area contributed by atoms with Gasteiger partial charge in [0.05, 0.1) is 0 Å². The molecule has 0 saturated carbocycles. The van der Waals surface area contributed by atoms with Gasteiger partial charge in [-0.25, -0.2) is 0 Å². The van der Waals surface area contributed by atoms with E-state index < -0.39 is 19.7 Å². The fourth-order valence-corrected chi connectivity index (χ4v) is 13.2. The third-order valence-electron chi connectivity index (χ3n) is 9.20. The summed E-state index contributed by atoms with van der Waals surface area (Å²) in [5.74, 6) is 0. The smallest absolute Gasteiger partial charge is 0.108 e. The summed E-state index contributed by atoms with van der Waals surface area (Å²) in [6.45, 7) is 9.62. The molecule has 0 radical (unpaired) electrons. The van der Waals surface area contributed by atoms with Crippen molar-refractivity contribution < 1.29 is 0 Å². The first-order valence-electron chi connectivity index (χ1n) is 15.9. The van der Waals surface area contributed by atoms with Gasteiger partial charge < -0.3 is 0 Å². The summed E-state index contributed by atoms with van der Waals surface area (Å²) >= 11 is -1.13. The largest absolute Gasteiger partial charge is 0.195 e. The molecule has 2 heteroatoms. The molecule has 0 aliphatic rings. The van der Waals surface area contributed by atoms with Crippen molar-refractivity contribution in [3.63, 3.8) is 0 Å². The molecule has 0 aromatic heterocycles. The quantitative estimate of drug-likeness (QED) is 0.101. The van der Waals surface area contributed by atoms with Crippen molar-refractivity contribution in [2.45, 2.75) is 87.1 Å². The Bertz CT molecular complexity index is 1000. The first-order valence-corrected chi connectivity index (χ1v) is 21.2. The molecular formula is C38H52AsB. The Balaban J connectivity index is 0.000000255. The van der Waals surface area contributed by atoms with Crippen LogP contribution in [0, 0.1) is 0 Å². The molecule has 0 spiro atoms. The van der Waals surface area contributed by atoms with Gasteiger partial charge in [0.2, 0.25) is 0 Å². The fraction of sp³-hybridized carbons (Fsp3) is 0.368. The summed E-state index contributed by atoms with van der Waals surface area (Å²) in [5.41, 5.74) is 5.36. The minimum Gasteiger partial charge on any atom is -0.195 e. The molecule has 0 aliphatic carbocycles. The molecule has 0 saturated heterocycles. The third-order valence-corrected chi connectivity index (χ3v) is 20.3. The van der Waals surface area contributed by atoms with Gasteiger partial charge in [-0.1, -0.05) is 121 Å². The maximum absolute atomic E-state index is 2.44. The molecule has 0 bridgehead atoms. The number of hydrogen-bond donors (Lipinski definition) is 0. The van der Waals surface area contributed by atoms with Gasteiger partial charge in [0.1, 0.15) is 6.15 Å². The van der Waals surface area contributed by atoms with Gasteiger partial charge in [-0.15, -0.1) is 0 Å². The van der Waals surface area contributed by atoms with Crippen LogP contribution in [0.3, 0.4) is 0 Å². The molecule has 4 aromatic rings. The molecule has 0 nitrogen and oxygen atoms in total. The average Bonchev–Trinajstić information content (AvgIpc) is 3.04. The summed E-state index contributed by atoms with van der Waals surface area (Å²) < 4.78 is 0. The molecule has 0 heterocycles. The molecule has 0 N–H and O–H groups in total. The Kier molecular flexibility index (Phi) is 13.9. The molecule has 0 unspecified atom stereocenters. The molecule has 4 aromatic carbocycles. The Hall–Kier alpha value is -2.50. The van der Waals surface area contributed by atoms with E-state index in [-0.39, 0.29) is 0 Å². The average molecular weight is 595 g/mol. The van der Waals surface area contributed by atoms with Crippen LogP contribution in [-0.2, 0) is 0 Å². The minimum atomic E-state index is -1.22. The first-order chi connectivity index (χ1) is 19.7. The van der Waals surface area contributed by atoms with Gasteiger partial charge in [-0.2, -0.15) is 21.9 Å². The van der Waals surface area contributed by atoms with Gasteiger partial charge >= 0.3 is 101 Å². The second-order valence-corrected chi connectivity index (χ2v) is 21.8. The van der Waals surface area contributed by atoms with E-state index in [1.54, 1.807) is 20.8 Å². The van der Waals surface area contributed by atoms with E-state index in [1.165, 1.54) is 60.4 Å². The van der Waals surface area contributed by atoms with Gasteiger partial charge in [0.25, 0.3) is 0 Å². The maximum atomic E-state index is 2.44. The number of hydrogen-bond acceptors (Lipinski definition) is 0. The Morgan fingerprint density at radius 2 is 0.700 bits per heavy atom. The van der Waals surface area contributed by atoms with Crippen molar-refractivity contribution in [3.8, 4) is 0 Å². The number of rotatable bonds is 14. The normalized spacial score (nSPS) is 11.5. The SMILES string of the molecule is CCCCCCCC[As+](CC)(CC)CC.c1ccc([B-](c2ccccc2)(c2ccccc2)c2ccccc2)cc1. The van der Waals surface area contributed by atoms with Crippen LogP contribution in [0.1, 0.15) is 66.2 Å². The van der Waals surface area contributed by atoms with Crippen LogP contribution >= 0.6 is 0 Å². The van der Waals surface area contributed by atoms with Gasteiger partial charge in [-0.3, -0.25) is 0 Å². The van der Waals surface area contributed by atoms with Crippen LogP contribution in [0.25, 0.3) is 0 Å². The van der Waals surface area contributed by atoms with Crippen LogP contribution in [-0.4, -0.2) is 19.7 Å². The summed E-state index contributed by atoms with van der Waals surface area (Å²) in [7, 11) is 0. The van der Waals surface area contributed by atoms with E-state index in [0.717, 1.165) is 0 Å². The predicted octanol–water partition coefficient (Wildman–Crippen LogP) is 8.92. The Morgan fingerprint density at radius 3 is 1.00 bits per heavy atom. The van der Waals surface area contributed by atoms with E-state index in [4.69, 9.17) is 0 Å². The van der Waals surface area contributed by atoms with Crippen molar-refractivity contribution in [3.05, 3.63) is 121 Å². The zero-order valence-electron chi connectivity index (χ0n) is 25.6. The summed E-state index contributed by atoms with van der Waals surface area (Å²) in [4.78, 5) is 0. The third kappa shape index (κ3) is 8.27. The molecule has 40 heavy (non-hydrogen) atoms. The number of unbranched alkanes of at least 4 members (excludes halogenated alkanes) is 5. The Labute approximate surface area is 249 Å². The molecule has 0 aliphatic heterocycles. The van der Waals surface area contributed by atoms with E-state index in [9.17, 15) is 0 Å². The summed E-state index contributed by atoms with van der Waals surface area (Å²) in [6.07, 6.45) is 7.60. The first kappa shape index (κ1) is 32.0. The van der Waals surface area contributed by atoms with Crippen molar-refractivity contribution in [2.24, 2.45) is 0 Å². The molecule has 0 amide bonds. The molecule has 0 atom stereocenters. The van der Waals surface area contributed by atoms with Crippen LogP contribution in [0.4, 0.5) is 0 Å². The van der Waals surface area contributed by atoms with Gasteiger partial charge in [0, 0.05) is 0 Å². The monoisotopic (exact) mass is 594 g/mol.